The molecule has 0 saturated heterocycles. The van der Waals surface area contributed by atoms with Crippen LogP contribution in [0.15, 0.2) is 58.3 Å². The van der Waals surface area contributed by atoms with E-state index in [4.69, 9.17) is 0 Å². The van der Waals surface area contributed by atoms with Crippen molar-refractivity contribution in [3.8, 4) is 0 Å². The summed E-state index contributed by atoms with van der Waals surface area (Å²) in [4.78, 5) is 26.7. The summed E-state index contributed by atoms with van der Waals surface area (Å²) in [6.45, 7) is 1.07. The smallest absolute Gasteiger partial charge is 0.252 e. The predicted octanol–water partition coefficient (Wildman–Crippen LogP) is 3.43. The zero-order chi connectivity index (χ0) is 17.5. The van der Waals surface area contributed by atoms with Gasteiger partial charge in [0, 0.05) is 34.4 Å². The Bertz CT molecular complexity index is 701. The molecule has 0 saturated carbocycles. The van der Waals surface area contributed by atoms with Crippen LogP contribution in [0.1, 0.15) is 27.1 Å². The number of hydrogen-bond acceptors (Lipinski definition) is 4. The number of thioether (sulfide) groups is 2. The number of nitrogens with one attached hydrogen (secondary N) is 2. The van der Waals surface area contributed by atoms with E-state index in [0.717, 1.165) is 32.4 Å². The molecule has 0 spiro atoms. The molecule has 1 aliphatic rings. The van der Waals surface area contributed by atoms with Gasteiger partial charge in [0.15, 0.2) is 0 Å². The monoisotopic (exact) mass is 372 g/mol. The fraction of sp³-hybridized carbons (Fsp3) is 0.263. The Morgan fingerprint density at radius 2 is 1.12 bits per heavy atom. The first-order valence-electron chi connectivity index (χ1n) is 8.26. The van der Waals surface area contributed by atoms with Gasteiger partial charge in [0.1, 0.15) is 0 Å². The second-order valence-electron chi connectivity index (χ2n) is 5.55. The average molecular weight is 373 g/mol. The number of fused-ring (bicyclic) bond motifs is 2. The summed E-state index contributed by atoms with van der Waals surface area (Å²) >= 11 is 3.35. The van der Waals surface area contributed by atoms with Gasteiger partial charge in [-0.25, -0.2) is 0 Å². The summed E-state index contributed by atoms with van der Waals surface area (Å²) in [7, 11) is 0. The number of amides is 2. The second kappa shape index (κ2) is 8.97. The molecule has 2 N–H and O–H groups in total. The molecule has 0 bridgehead atoms. The Balaban J connectivity index is 1.78. The lowest BCUT2D eigenvalue weighted by molar-refractivity contribution is 0.0949. The molecule has 0 fully saturated rings. The second-order valence-corrected chi connectivity index (χ2v) is 7.83. The predicted molar refractivity (Wildman–Crippen MR) is 104 cm³/mol. The van der Waals surface area contributed by atoms with Crippen LogP contribution in [0.25, 0.3) is 0 Å². The average Bonchev–Trinajstić information content (AvgIpc) is 2.65. The molecule has 6 heteroatoms. The van der Waals surface area contributed by atoms with Crippen LogP contribution in [0.5, 0.6) is 0 Å². The maximum atomic E-state index is 12.4. The molecule has 25 heavy (non-hydrogen) atoms. The van der Waals surface area contributed by atoms with Crippen molar-refractivity contribution in [2.75, 3.05) is 24.6 Å². The van der Waals surface area contributed by atoms with Crippen LogP contribution in [0.2, 0.25) is 0 Å². The van der Waals surface area contributed by atoms with Gasteiger partial charge in [-0.2, -0.15) is 0 Å². The summed E-state index contributed by atoms with van der Waals surface area (Å²) in [5.74, 6) is 1.62. The first-order valence-corrected chi connectivity index (χ1v) is 10.2. The lowest BCUT2D eigenvalue weighted by atomic mass is 10.2. The molecule has 4 nitrogen and oxygen atoms in total. The van der Waals surface area contributed by atoms with E-state index in [9.17, 15) is 9.59 Å². The van der Waals surface area contributed by atoms with E-state index in [1.54, 1.807) is 23.5 Å². The highest BCUT2D eigenvalue weighted by Gasteiger charge is 2.14. The van der Waals surface area contributed by atoms with Crippen LogP contribution in [0.3, 0.4) is 0 Å². The van der Waals surface area contributed by atoms with Crippen LogP contribution < -0.4 is 10.6 Å². The molecular weight excluding hydrogens is 352 g/mol. The van der Waals surface area contributed by atoms with Gasteiger partial charge in [-0.05, 0) is 30.7 Å². The van der Waals surface area contributed by atoms with E-state index in [1.807, 2.05) is 48.5 Å². The number of hydrogen-bond donors (Lipinski definition) is 2. The molecule has 1 heterocycles. The molecule has 3 rings (SSSR count). The van der Waals surface area contributed by atoms with E-state index in [-0.39, 0.29) is 11.8 Å². The first-order chi connectivity index (χ1) is 12.3. The zero-order valence-corrected chi connectivity index (χ0v) is 15.4. The standard InChI is InChI=1S/C19H20N2O2S2/c22-18-14-6-1-3-8-16(14)24-12-13-25-17-9-4-2-7-15(17)19(23)21-11-5-10-20-18/h1-4,6-9H,5,10-13H2,(H,20,22)(H,21,23). The summed E-state index contributed by atoms with van der Waals surface area (Å²) in [6, 6.07) is 15.4. The molecule has 130 valence electrons. The topological polar surface area (TPSA) is 58.2 Å². The number of carbonyl (C=O) groups is 2. The molecule has 0 radical (unpaired) electrons. The summed E-state index contributed by atoms with van der Waals surface area (Å²) in [5.41, 5.74) is 1.44. The minimum atomic E-state index is -0.0553. The SMILES string of the molecule is O=C1NCCCNC(=O)c2ccccc2SCCSc2ccccc21. The molecule has 0 aliphatic carbocycles. The van der Waals surface area contributed by atoms with Crippen molar-refractivity contribution in [3.05, 3.63) is 59.7 Å². The third kappa shape index (κ3) is 4.80. The molecule has 2 aromatic carbocycles. The molecule has 0 atom stereocenters. The third-order valence-electron chi connectivity index (χ3n) is 3.79. The van der Waals surface area contributed by atoms with Crippen LogP contribution in [0.4, 0.5) is 0 Å². The minimum Gasteiger partial charge on any atom is -0.352 e. The largest absolute Gasteiger partial charge is 0.352 e. The van der Waals surface area contributed by atoms with Crippen molar-refractivity contribution in [1.82, 2.24) is 10.6 Å². The lowest BCUT2D eigenvalue weighted by Crippen LogP contribution is -2.30. The van der Waals surface area contributed by atoms with E-state index in [2.05, 4.69) is 10.6 Å². The number of benzene rings is 2. The van der Waals surface area contributed by atoms with Gasteiger partial charge in [-0.3, -0.25) is 9.59 Å². The quantitative estimate of drug-likeness (QED) is 0.744. The lowest BCUT2D eigenvalue weighted by Gasteiger charge is -2.09. The highest BCUT2D eigenvalue weighted by atomic mass is 32.2. The molecule has 0 unspecified atom stereocenters. The molecule has 0 aromatic heterocycles. The van der Waals surface area contributed by atoms with Gasteiger partial charge in [-0.15, -0.1) is 23.5 Å². The van der Waals surface area contributed by atoms with Crippen molar-refractivity contribution in [2.45, 2.75) is 16.2 Å². The highest BCUT2D eigenvalue weighted by Crippen LogP contribution is 2.27. The van der Waals surface area contributed by atoms with Gasteiger partial charge < -0.3 is 10.6 Å². The Kier molecular flexibility index (Phi) is 6.42. The van der Waals surface area contributed by atoms with Crippen LogP contribution in [-0.2, 0) is 0 Å². The Hall–Kier alpha value is -1.92. The van der Waals surface area contributed by atoms with Crippen LogP contribution >= 0.6 is 23.5 Å². The van der Waals surface area contributed by atoms with Gasteiger partial charge in [-0.1, -0.05) is 24.3 Å². The summed E-state index contributed by atoms with van der Waals surface area (Å²) in [5, 5.41) is 5.87. The van der Waals surface area contributed by atoms with E-state index >= 15 is 0 Å². The van der Waals surface area contributed by atoms with Crippen molar-refractivity contribution < 1.29 is 9.59 Å². The Labute approximate surface area is 156 Å². The van der Waals surface area contributed by atoms with E-state index in [1.165, 1.54) is 0 Å². The van der Waals surface area contributed by atoms with Crippen molar-refractivity contribution in [1.29, 1.82) is 0 Å². The zero-order valence-electron chi connectivity index (χ0n) is 13.8. The van der Waals surface area contributed by atoms with Crippen molar-refractivity contribution in [3.63, 3.8) is 0 Å². The fourth-order valence-corrected chi connectivity index (χ4v) is 4.63. The van der Waals surface area contributed by atoms with Crippen LogP contribution in [-0.4, -0.2) is 36.4 Å². The fourth-order valence-electron chi connectivity index (χ4n) is 2.55. The molecular formula is C19H20N2O2S2. The maximum absolute atomic E-state index is 12.4. The maximum Gasteiger partial charge on any atom is 0.252 e. The van der Waals surface area contributed by atoms with Gasteiger partial charge >= 0.3 is 0 Å². The van der Waals surface area contributed by atoms with Gasteiger partial charge in [0.05, 0.1) is 11.1 Å². The van der Waals surface area contributed by atoms with Crippen molar-refractivity contribution in [2.24, 2.45) is 0 Å². The summed E-state index contributed by atoms with van der Waals surface area (Å²) < 4.78 is 0. The number of carbonyl (C=O) groups excluding carboxylic acids is 2. The first kappa shape index (κ1) is 17.9. The Morgan fingerprint density at radius 1 is 0.680 bits per heavy atom. The van der Waals surface area contributed by atoms with E-state index in [0.29, 0.717) is 19.5 Å². The minimum absolute atomic E-state index is 0.0553. The molecule has 2 aromatic rings. The third-order valence-corrected chi connectivity index (χ3v) is 6.20. The number of rotatable bonds is 0. The van der Waals surface area contributed by atoms with Gasteiger partial charge in [0.2, 0.25) is 0 Å². The highest BCUT2D eigenvalue weighted by molar-refractivity contribution is 8.03. The summed E-state index contributed by atoms with van der Waals surface area (Å²) in [6.07, 6.45) is 0.697. The van der Waals surface area contributed by atoms with Crippen LogP contribution in [0, 0.1) is 0 Å². The molecule has 1 aliphatic heterocycles. The van der Waals surface area contributed by atoms with Gasteiger partial charge in [0.25, 0.3) is 11.8 Å². The van der Waals surface area contributed by atoms with E-state index < -0.39 is 0 Å². The normalized spacial score (nSPS) is 16.5. The molecule has 2 amide bonds. The Morgan fingerprint density at radius 3 is 1.60 bits per heavy atom. The van der Waals surface area contributed by atoms with Crippen molar-refractivity contribution >= 4 is 35.3 Å².